The van der Waals surface area contributed by atoms with Crippen LogP contribution >= 0.6 is 11.3 Å². The van der Waals surface area contributed by atoms with Crippen LogP contribution in [0.5, 0.6) is 5.75 Å². The third-order valence-corrected chi connectivity index (χ3v) is 6.83. The SMILES string of the molecule is CCCCOc1ccc(-c2ccc(C(c3ccccc3)C(C)(C)C(=O)Nc3nncs3)cc2)cc1. The molecular weight excluding hydrogens is 454 g/mol. The first-order valence-corrected chi connectivity index (χ1v) is 12.8. The first-order chi connectivity index (χ1) is 17.0. The quantitative estimate of drug-likeness (QED) is 0.242. The Labute approximate surface area is 211 Å². The molecule has 0 fully saturated rings. The van der Waals surface area contributed by atoms with Gasteiger partial charge in [-0.1, -0.05) is 105 Å². The van der Waals surface area contributed by atoms with E-state index in [4.69, 9.17) is 4.74 Å². The van der Waals surface area contributed by atoms with Crippen LogP contribution in [-0.2, 0) is 4.79 Å². The molecule has 1 amide bonds. The lowest BCUT2D eigenvalue weighted by molar-refractivity contribution is -0.124. The Hall–Kier alpha value is -3.51. The second kappa shape index (κ2) is 11.3. The number of hydrogen-bond donors (Lipinski definition) is 1. The molecule has 5 nitrogen and oxygen atoms in total. The number of nitrogens with zero attached hydrogens (tertiary/aromatic N) is 2. The minimum atomic E-state index is -0.730. The highest BCUT2D eigenvalue weighted by atomic mass is 32.1. The Kier molecular flexibility index (Phi) is 7.93. The molecule has 0 radical (unpaired) electrons. The summed E-state index contributed by atoms with van der Waals surface area (Å²) in [5.41, 5.74) is 5.30. The summed E-state index contributed by atoms with van der Waals surface area (Å²) in [6.07, 6.45) is 2.18. The fraction of sp³-hybridized carbons (Fsp3) is 0.276. The minimum absolute atomic E-state index is 0.0918. The largest absolute Gasteiger partial charge is 0.494 e. The molecule has 0 aliphatic heterocycles. The van der Waals surface area contributed by atoms with E-state index in [2.05, 4.69) is 71.0 Å². The molecule has 0 spiro atoms. The lowest BCUT2D eigenvalue weighted by Gasteiger charge is -2.33. The number of amides is 1. The smallest absolute Gasteiger partial charge is 0.232 e. The number of anilines is 1. The summed E-state index contributed by atoms with van der Waals surface area (Å²) in [6, 6.07) is 26.9. The number of carbonyl (C=O) groups excluding carboxylic acids is 1. The molecule has 1 heterocycles. The van der Waals surface area contributed by atoms with Crippen molar-refractivity contribution >= 4 is 22.4 Å². The van der Waals surface area contributed by atoms with Crippen LogP contribution in [0.1, 0.15) is 50.7 Å². The van der Waals surface area contributed by atoms with Gasteiger partial charge in [0.05, 0.1) is 12.0 Å². The zero-order valence-electron chi connectivity index (χ0n) is 20.4. The maximum absolute atomic E-state index is 13.4. The topological polar surface area (TPSA) is 64.1 Å². The molecule has 3 aromatic carbocycles. The molecule has 1 aromatic heterocycles. The normalized spacial score (nSPS) is 12.2. The average Bonchev–Trinajstić information content (AvgIpc) is 3.39. The van der Waals surface area contributed by atoms with Crippen molar-refractivity contribution in [2.45, 2.75) is 39.5 Å². The molecule has 4 rings (SSSR count). The fourth-order valence-electron chi connectivity index (χ4n) is 4.23. The summed E-state index contributed by atoms with van der Waals surface area (Å²) in [7, 11) is 0. The molecule has 180 valence electrons. The van der Waals surface area contributed by atoms with Gasteiger partial charge in [0.1, 0.15) is 11.3 Å². The van der Waals surface area contributed by atoms with E-state index >= 15 is 0 Å². The minimum Gasteiger partial charge on any atom is -0.494 e. The number of benzene rings is 3. The van der Waals surface area contributed by atoms with Gasteiger partial charge in [0, 0.05) is 5.92 Å². The summed E-state index contributed by atoms with van der Waals surface area (Å²) in [6.45, 7) is 6.86. The molecule has 1 N–H and O–H groups in total. The highest BCUT2D eigenvalue weighted by Crippen LogP contribution is 2.42. The number of rotatable bonds is 10. The summed E-state index contributed by atoms with van der Waals surface area (Å²) in [5.74, 6) is 0.664. The van der Waals surface area contributed by atoms with E-state index in [0.717, 1.165) is 47.5 Å². The second-order valence-corrected chi connectivity index (χ2v) is 9.95. The summed E-state index contributed by atoms with van der Waals surface area (Å²) >= 11 is 1.31. The van der Waals surface area contributed by atoms with Crippen molar-refractivity contribution in [3.05, 3.63) is 95.5 Å². The molecule has 4 aromatic rings. The number of aromatic nitrogens is 2. The molecule has 0 aliphatic carbocycles. The Morgan fingerprint density at radius 3 is 2.17 bits per heavy atom. The average molecular weight is 486 g/mol. The summed E-state index contributed by atoms with van der Waals surface area (Å²) in [4.78, 5) is 13.4. The van der Waals surface area contributed by atoms with Crippen LogP contribution in [0.3, 0.4) is 0 Å². The first-order valence-electron chi connectivity index (χ1n) is 11.9. The highest BCUT2D eigenvalue weighted by Gasteiger charge is 2.39. The van der Waals surface area contributed by atoms with Gasteiger partial charge in [-0.15, -0.1) is 10.2 Å². The van der Waals surface area contributed by atoms with Crippen molar-refractivity contribution in [1.82, 2.24) is 10.2 Å². The summed E-state index contributed by atoms with van der Waals surface area (Å²) < 4.78 is 5.79. The Morgan fingerprint density at radius 1 is 0.943 bits per heavy atom. The zero-order chi connectivity index (χ0) is 24.7. The van der Waals surface area contributed by atoms with E-state index in [1.165, 1.54) is 11.3 Å². The molecule has 6 heteroatoms. The van der Waals surface area contributed by atoms with Crippen molar-refractivity contribution in [2.75, 3.05) is 11.9 Å². The Bertz CT molecular complexity index is 1210. The van der Waals surface area contributed by atoms with E-state index in [0.29, 0.717) is 5.13 Å². The van der Waals surface area contributed by atoms with Gasteiger partial charge in [0.15, 0.2) is 0 Å². The molecule has 0 saturated heterocycles. The molecule has 35 heavy (non-hydrogen) atoms. The second-order valence-electron chi connectivity index (χ2n) is 9.11. The lowest BCUT2D eigenvalue weighted by atomic mass is 9.70. The first kappa shape index (κ1) is 24.6. The van der Waals surface area contributed by atoms with E-state index in [-0.39, 0.29) is 11.8 Å². The number of unbranched alkanes of at least 4 members (excludes halogenated alkanes) is 1. The van der Waals surface area contributed by atoms with Crippen LogP contribution in [0, 0.1) is 5.41 Å². The van der Waals surface area contributed by atoms with Crippen molar-refractivity contribution in [3.63, 3.8) is 0 Å². The van der Waals surface area contributed by atoms with Crippen molar-refractivity contribution in [1.29, 1.82) is 0 Å². The fourth-order valence-corrected chi connectivity index (χ4v) is 4.67. The van der Waals surface area contributed by atoms with Crippen LogP contribution in [0.2, 0.25) is 0 Å². The van der Waals surface area contributed by atoms with Gasteiger partial charge in [-0.2, -0.15) is 0 Å². The molecule has 0 bridgehead atoms. The third kappa shape index (κ3) is 5.95. The molecule has 1 atom stereocenters. The van der Waals surface area contributed by atoms with Crippen molar-refractivity contribution < 1.29 is 9.53 Å². The molecule has 0 aliphatic rings. The molecule has 0 saturated carbocycles. The van der Waals surface area contributed by atoms with Crippen molar-refractivity contribution in [2.24, 2.45) is 5.41 Å². The third-order valence-electron chi connectivity index (χ3n) is 6.22. The van der Waals surface area contributed by atoms with Crippen LogP contribution < -0.4 is 10.1 Å². The van der Waals surface area contributed by atoms with Crippen LogP contribution in [0.4, 0.5) is 5.13 Å². The summed E-state index contributed by atoms with van der Waals surface area (Å²) in [5, 5.41) is 11.2. The highest BCUT2D eigenvalue weighted by molar-refractivity contribution is 7.13. The monoisotopic (exact) mass is 485 g/mol. The number of ether oxygens (including phenoxy) is 1. The van der Waals surface area contributed by atoms with Crippen LogP contribution in [0.25, 0.3) is 11.1 Å². The van der Waals surface area contributed by atoms with Gasteiger partial charge in [-0.05, 0) is 40.8 Å². The zero-order valence-corrected chi connectivity index (χ0v) is 21.2. The van der Waals surface area contributed by atoms with E-state index in [1.54, 1.807) is 5.51 Å². The Morgan fingerprint density at radius 2 is 1.57 bits per heavy atom. The van der Waals surface area contributed by atoms with E-state index in [1.807, 2.05) is 44.2 Å². The van der Waals surface area contributed by atoms with Gasteiger partial charge in [0.25, 0.3) is 0 Å². The maximum atomic E-state index is 13.4. The standard InChI is InChI=1S/C29H31N3O2S/c1-4-5-19-34-25-17-15-22(16-18-25)21-11-13-24(14-12-21)26(23-9-7-6-8-10-23)29(2,3)27(33)31-28-32-30-20-35-28/h6-18,20,26H,4-5,19H2,1-3H3,(H,31,32,33). The maximum Gasteiger partial charge on any atom is 0.232 e. The number of nitrogens with one attached hydrogen (secondary N) is 1. The van der Waals surface area contributed by atoms with Crippen LogP contribution in [0.15, 0.2) is 84.4 Å². The van der Waals surface area contributed by atoms with Crippen LogP contribution in [-0.4, -0.2) is 22.7 Å². The van der Waals surface area contributed by atoms with Gasteiger partial charge >= 0.3 is 0 Å². The van der Waals surface area contributed by atoms with E-state index in [9.17, 15) is 4.79 Å². The predicted octanol–water partition coefficient (Wildman–Crippen LogP) is 7.18. The van der Waals surface area contributed by atoms with Gasteiger partial charge in [-0.25, -0.2) is 0 Å². The van der Waals surface area contributed by atoms with Gasteiger partial charge < -0.3 is 10.1 Å². The van der Waals surface area contributed by atoms with Crippen molar-refractivity contribution in [3.8, 4) is 16.9 Å². The molecular formula is C29H31N3O2S. The van der Waals surface area contributed by atoms with Gasteiger partial charge in [0.2, 0.25) is 11.0 Å². The predicted molar refractivity (Wildman–Crippen MR) is 143 cm³/mol. The number of carbonyl (C=O) groups is 1. The van der Waals surface area contributed by atoms with Gasteiger partial charge in [-0.3, -0.25) is 4.79 Å². The molecule has 1 unspecified atom stereocenters. The van der Waals surface area contributed by atoms with E-state index < -0.39 is 5.41 Å². The Balaban J connectivity index is 1.59. The number of hydrogen-bond acceptors (Lipinski definition) is 5. The lowest BCUT2D eigenvalue weighted by Crippen LogP contribution is -2.37.